The van der Waals surface area contributed by atoms with Gasteiger partial charge in [0.05, 0.1) is 24.5 Å². The standard InChI is InChI=1S/C21H24N6O4/c22-15(9-13-11-23-12-24-13)19(29)27(20(30)16-10-18(28)25-16)21(31)17-7-4-8-26(17)14-5-2-1-3-6-14/h1-3,5-6,11-12,15-17H,4,7-10,22H2,(H,23,24)(H,25,28)/t15-,16-,17-/m0/s1. The number of carbonyl (C=O) groups is 4. The number of aromatic amines is 1. The van der Waals surface area contributed by atoms with Gasteiger partial charge < -0.3 is 20.9 Å². The second-order valence-electron chi connectivity index (χ2n) is 7.73. The summed E-state index contributed by atoms with van der Waals surface area (Å²) in [5.74, 6) is -2.45. The number of hydrogen-bond acceptors (Lipinski definition) is 7. The van der Waals surface area contributed by atoms with Crippen LogP contribution in [-0.4, -0.2) is 63.2 Å². The number of benzene rings is 1. The molecule has 4 N–H and O–H groups in total. The van der Waals surface area contributed by atoms with Gasteiger partial charge >= 0.3 is 0 Å². The van der Waals surface area contributed by atoms with Crippen molar-refractivity contribution in [1.82, 2.24) is 20.2 Å². The molecule has 0 unspecified atom stereocenters. The molecule has 0 aliphatic carbocycles. The summed E-state index contributed by atoms with van der Waals surface area (Å²) >= 11 is 0. The molecule has 162 valence electrons. The number of anilines is 1. The zero-order valence-electron chi connectivity index (χ0n) is 16.9. The molecule has 0 radical (unpaired) electrons. The Labute approximate surface area is 178 Å². The number of imide groups is 3. The average molecular weight is 424 g/mol. The number of para-hydroxylation sites is 1. The van der Waals surface area contributed by atoms with Crippen LogP contribution in [-0.2, 0) is 25.6 Å². The first-order valence-electron chi connectivity index (χ1n) is 10.2. The molecule has 10 heteroatoms. The highest BCUT2D eigenvalue weighted by Crippen LogP contribution is 2.27. The Morgan fingerprint density at radius 1 is 1.23 bits per heavy atom. The molecule has 10 nitrogen and oxygen atoms in total. The Kier molecular flexibility index (Phi) is 5.81. The monoisotopic (exact) mass is 424 g/mol. The summed E-state index contributed by atoms with van der Waals surface area (Å²) in [5, 5.41) is 2.44. The highest BCUT2D eigenvalue weighted by atomic mass is 16.2. The smallest absolute Gasteiger partial charge is 0.259 e. The highest BCUT2D eigenvalue weighted by molar-refractivity contribution is 6.17. The Hall–Kier alpha value is -3.53. The van der Waals surface area contributed by atoms with Gasteiger partial charge in [-0.05, 0) is 25.0 Å². The van der Waals surface area contributed by atoms with E-state index >= 15 is 0 Å². The number of aromatic nitrogens is 2. The first-order valence-corrected chi connectivity index (χ1v) is 10.2. The van der Waals surface area contributed by atoms with E-state index in [0.717, 1.165) is 12.1 Å². The predicted molar refractivity (Wildman–Crippen MR) is 110 cm³/mol. The first kappa shape index (κ1) is 20.7. The molecule has 0 spiro atoms. The van der Waals surface area contributed by atoms with E-state index in [0.29, 0.717) is 23.6 Å². The molecule has 2 aliphatic rings. The lowest BCUT2D eigenvalue weighted by atomic mass is 10.0. The molecule has 31 heavy (non-hydrogen) atoms. The van der Waals surface area contributed by atoms with Crippen molar-refractivity contribution in [3.8, 4) is 0 Å². The molecule has 4 rings (SSSR count). The molecular weight excluding hydrogens is 400 g/mol. The number of nitrogens with two attached hydrogens (primary N) is 1. The molecule has 2 saturated heterocycles. The molecule has 3 atom stereocenters. The van der Waals surface area contributed by atoms with Gasteiger partial charge in [0.25, 0.3) is 17.7 Å². The van der Waals surface area contributed by atoms with Gasteiger partial charge in [-0.1, -0.05) is 18.2 Å². The molecule has 0 bridgehead atoms. The quantitative estimate of drug-likeness (QED) is 0.428. The number of β-lactam (4-membered cyclic amide) rings is 1. The number of carbonyl (C=O) groups excluding carboxylic acids is 4. The van der Waals surface area contributed by atoms with Crippen molar-refractivity contribution >= 4 is 29.3 Å². The topological polar surface area (TPSA) is 141 Å². The minimum absolute atomic E-state index is 0.0580. The van der Waals surface area contributed by atoms with Crippen LogP contribution >= 0.6 is 0 Å². The van der Waals surface area contributed by atoms with E-state index in [9.17, 15) is 19.2 Å². The molecule has 4 amide bonds. The van der Waals surface area contributed by atoms with E-state index in [1.807, 2.05) is 35.2 Å². The van der Waals surface area contributed by atoms with Crippen molar-refractivity contribution in [1.29, 1.82) is 0 Å². The Balaban J connectivity index is 1.58. The number of nitrogens with zero attached hydrogens (tertiary/aromatic N) is 3. The van der Waals surface area contributed by atoms with Crippen molar-refractivity contribution in [3.05, 3.63) is 48.5 Å². The van der Waals surface area contributed by atoms with Gasteiger partial charge in [-0.3, -0.25) is 19.2 Å². The SMILES string of the molecule is N[C@@H](Cc1c[nH]cn1)C(=O)N(C(=O)[C@@H]1CC(=O)N1)C(=O)[C@@H]1CCCN1c1ccccc1. The summed E-state index contributed by atoms with van der Waals surface area (Å²) in [7, 11) is 0. The molecule has 3 heterocycles. The van der Waals surface area contributed by atoms with E-state index in [1.54, 1.807) is 6.20 Å². The molecule has 2 fully saturated rings. The summed E-state index contributed by atoms with van der Waals surface area (Å²) in [4.78, 5) is 60.4. The zero-order valence-corrected chi connectivity index (χ0v) is 16.9. The van der Waals surface area contributed by atoms with E-state index in [4.69, 9.17) is 5.73 Å². The average Bonchev–Trinajstić information content (AvgIpc) is 3.44. The number of nitrogens with one attached hydrogen (secondary N) is 2. The molecular formula is C21H24N6O4. The number of imidazole rings is 1. The normalized spacial score (nSPS) is 21.2. The van der Waals surface area contributed by atoms with Crippen LogP contribution in [0.1, 0.15) is 25.0 Å². The second kappa shape index (κ2) is 8.68. The molecule has 2 aliphatic heterocycles. The highest BCUT2D eigenvalue weighted by Gasteiger charge is 2.45. The summed E-state index contributed by atoms with van der Waals surface area (Å²) in [6.45, 7) is 0.635. The molecule has 1 aromatic carbocycles. The van der Waals surface area contributed by atoms with E-state index in [1.165, 1.54) is 6.33 Å². The predicted octanol–water partition coefficient (Wildman–Crippen LogP) is -0.281. The van der Waals surface area contributed by atoms with E-state index in [-0.39, 0.29) is 18.7 Å². The van der Waals surface area contributed by atoms with Gasteiger partial charge in [0, 0.05) is 24.8 Å². The van der Waals surface area contributed by atoms with Gasteiger partial charge in [-0.25, -0.2) is 9.88 Å². The largest absolute Gasteiger partial charge is 0.359 e. The minimum Gasteiger partial charge on any atom is -0.359 e. The maximum atomic E-state index is 13.5. The van der Waals surface area contributed by atoms with Crippen LogP contribution in [0.2, 0.25) is 0 Å². The van der Waals surface area contributed by atoms with Crippen LogP contribution in [0, 0.1) is 0 Å². The van der Waals surface area contributed by atoms with Gasteiger partial charge in [0.2, 0.25) is 5.91 Å². The zero-order chi connectivity index (χ0) is 22.0. The maximum Gasteiger partial charge on any atom is 0.259 e. The fourth-order valence-corrected chi connectivity index (χ4v) is 3.97. The van der Waals surface area contributed by atoms with Crippen LogP contribution in [0.3, 0.4) is 0 Å². The number of rotatable bonds is 6. The van der Waals surface area contributed by atoms with Crippen LogP contribution in [0.25, 0.3) is 0 Å². The van der Waals surface area contributed by atoms with Crippen molar-refractivity contribution in [2.45, 2.75) is 43.8 Å². The maximum absolute atomic E-state index is 13.5. The lowest BCUT2D eigenvalue weighted by Crippen LogP contribution is -2.64. The van der Waals surface area contributed by atoms with Crippen molar-refractivity contribution < 1.29 is 19.2 Å². The van der Waals surface area contributed by atoms with Crippen molar-refractivity contribution in [2.75, 3.05) is 11.4 Å². The third kappa shape index (κ3) is 4.19. The van der Waals surface area contributed by atoms with Crippen LogP contribution < -0.4 is 16.0 Å². The van der Waals surface area contributed by atoms with Crippen molar-refractivity contribution in [2.24, 2.45) is 5.73 Å². The van der Waals surface area contributed by atoms with Gasteiger partial charge in [-0.2, -0.15) is 0 Å². The van der Waals surface area contributed by atoms with Gasteiger partial charge in [0.1, 0.15) is 12.1 Å². The third-order valence-electron chi connectivity index (χ3n) is 5.61. The van der Waals surface area contributed by atoms with Crippen LogP contribution in [0.15, 0.2) is 42.9 Å². The lowest BCUT2D eigenvalue weighted by Gasteiger charge is -2.34. The fourth-order valence-electron chi connectivity index (χ4n) is 3.97. The van der Waals surface area contributed by atoms with Gasteiger partial charge in [0.15, 0.2) is 0 Å². The summed E-state index contributed by atoms with van der Waals surface area (Å²) in [6, 6.07) is 6.69. The molecule has 0 saturated carbocycles. The number of hydrogen-bond donors (Lipinski definition) is 3. The van der Waals surface area contributed by atoms with Gasteiger partial charge in [-0.15, -0.1) is 0 Å². The summed E-state index contributed by atoms with van der Waals surface area (Å²) in [5.41, 5.74) is 7.46. The van der Waals surface area contributed by atoms with E-state index in [2.05, 4.69) is 15.3 Å². The minimum atomic E-state index is -1.13. The fraction of sp³-hybridized carbons (Fsp3) is 0.381. The Morgan fingerprint density at radius 2 is 1.97 bits per heavy atom. The van der Waals surface area contributed by atoms with Crippen LogP contribution in [0.5, 0.6) is 0 Å². The first-order chi connectivity index (χ1) is 15.0. The molecule has 1 aromatic heterocycles. The summed E-state index contributed by atoms with van der Waals surface area (Å²) < 4.78 is 0. The number of H-pyrrole nitrogens is 1. The Morgan fingerprint density at radius 3 is 2.61 bits per heavy atom. The Bertz CT molecular complexity index is 969. The second-order valence-corrected chi connectivity index (χ2v) is 7.73. The molecule has 2 aromatic rings. The van der Waals surface area contributed by atoms with Crippen molar-refractivity contribution in [3.63, 3.8) is 0 Å². The summed E-state index contributed by atoms with van der Waals surface area (Å²) in [6.07, 6.45) is 4.33. The lowest BCUT2D eigenvalue weighted by molar-refractivity contribution is -0.159. The van der Waals surface area contributed by atoms with E-state index < -0.39 is 35.8 Å². The third-order valence-corrected chi connectivity index (χ3v) is 5.61. The van der Waals surface area contributed by atoms with Crippen LogP contribution in [0.4, 0.5) is 5.69 Å². The number of amides is 4.